The molecule has 0 saturated carbocycles. The highest BCUT2D eigenvalue weighted by molar-refractivity contribution is 7.80. The molecule has 1 rings (SSSR count). The first-order valence-corrected chi connectivity index (χ1v) is 6.79. The number of thiol groups is 1. The van der Waals surface area contributed by atoms with Gasteiger partial charge in [-0.25, -0.2) is 0 Å². The van der Waals surface area contributed by atoms with Crippen molar-refractivity contribution in [3.63, 3.8) is 0 Å². The van der Waals surface area contributed by atoms with Gasteiger partial charge < -0.3 is 4.90 Å². The highest BCUT2D eigenvalue weighted by Crippen LogP contribution is 2.05. The Labute approximate surface area is 105 Å². The van der Waals surface area contributed by atoms with E-state index in [2.05, 4.69) is 54.9 Å². The Morgan fingerprint density at radius 2 is 1.69 bits per heavy atom. The van der Waals surface area contributed by atoms with Crippen molar-refractivity contribution in [3.8, 4) is 0 Å². The first kappa shape index (κ1) is 13.6. The summed E-state index contributed by atoms with van der Waals surface area (Å²) in [6.45, 7) is 2.26. The van der Waals surface area contributed by atoms with Gasteiger partial charge in [0.25, 0.3) is 0 Å². The lowest BCUT2D eigenvalue weighted by Gasteiger charge is -2.16. The maximum Gasteiger partial charge on any atom is 0.0230 e. The van der Waals surface area contributed by atoms with Crippen LogP contribution in [-0.4, -0.2) is 24.2 Å². The van der Waals surface area contributed by atoms with Crippen molar-refractivity contribution in [1.82, 2.24) is 4.90 Å². The van der Waals surface area contributed by atoms with Crippen LogP contribution < -0.4 is 0 Å². The Bertz CT molecular complexity index is 261. The van der Waals surface area contributed by atoms with Crippen LogP contribution in [0.2, 0.25) is 0 Å². The van der Waals surface area contributed by atoms with Crippen molar-refractivity contribution in [1.29, 1.82) is 0 Å². The van der Waals surface area contributed by atoms with Crippen LogP contribution in [0.5, 0.6) is 0 Å². The molecule has 1 nitrogen and oxygen atoms in total. The fourth-order valence-corrected chi connectivity index (χ4v) is 2.04. The second-order valence-electron chi connectivity index (χ2n) is 4.36. The van der Waals surface area contributed by atoms with Crippen molar-refractivity contribution in [3.05, 3.63) is 35.9 Å². The van der Waals surface area contributed by atoms with Gasteiger partial charge in [-0.2, -0.15) is 12.6 Å². The molecule has 16 heavy (non-hydrogen) atoms. The van der Waals surface area contributed by atoms with Crippen LogP contribution in [0.3, 0.4) is 0 Å². The van der Waals surface area contributed by atoms with Crippen molar-refractivity contribution in [2.45, 2.75) is 32.2 Å². The first-order valence-electron chi connectivity index (χ1n) is 6.16. The summed E-state index contributed by atoms with van der Waals surface area (Å²) in [6.07, 6.45) is 5.21. The van der Waals surface area contributed by atoms with Crippen molar-refractivity contribution in [2.75, 3.05) is 19.3 Å². The van der Waals surface area contributed by atoms with Crippen LogP contribution in [0.1, 0.15) is 31.2 Å². The molecule has 90 valence electrons. The van der Waals surface area contributed by atoms with E-state index >= 15 is 0 Å². The van der Waals surface area contributed by atoms with Crippen LogP contribution in [0.4, 0.5) is 0 Å². The molecule has 0 atom stereocenters. The molecule has 0 bridgehead atoms. The summed E-state index contributed by atoms with van der Waals surface area (Å²) in [5.74, 6) is 1.03. The predicted octanol–water partition coefficient (Wildman–Crippen LogP) is 3.61. The highest BCUT2D eigenvalue weighted by Gasteiger charge is 1.99. The lowest BCUT2D eigenvalue weighted by Crippen LogP contribution is -2.18. The van der Waals surface area contributed by atoms with E-state index in [0.29, 0.717) is 0 Å². The van der Waals surface area contributed by atoms with E-state index < -0.39 is 0 Å². The molecule has 0 aliphatic rings. The molecule has 1 aromatic rings. The van der Waals surface area contributed by atoms with Gasteiger partial charge in [0.1, 0.15) is 0 Å². The summed E-state index contributed by atoms with van der Waals surface area (Å²) in [5, 5.41) is 0. The summed E-state index contributed by atoms with van der Waals surface area (Å²) in [5.41, 5.74) is 1.40. The van der Waals surface area contributed by atoms with Gasteiger partial charge in [-0.05, 0) is 37.8 Å². The average Bonchev–Trinajstić information content (AvgIpc) is 2.30. The van der Waals surface area contributed by atoms with Gasteiger partial charge in [0.05, 0.1) is 0 Å². The van der Waals surface area contributed by atoms with E-state index in [1.54, 1.807) is 0 Å². The van der Waals surface area contributed by atoms with Crippen LogP contribution in [-0.2, 0) is 6.54 Å². The second kappa shape index (κ2) is 8.66. The van der Waals surface area contributed by atoms with E-state index in [1.165, 1.54) is 37.8 Å². The first-order chi connectivity index (χ1) is 7.83. The third-order valence-electron chi connectivity index (χ3n) is 2.74. The number of unbranched alkanes of at least 4 members (excludes halogenated alkanes) is 3. The molecule has 1 aromatic carbocycles. The lowest BCUT2D eigenvalue weighted by atomic mass is 10.2. The van der Waals surface area contributed by atoms with Gasteiger partial charge in [0, 0.05) is 6.54 Å². The fraction of sp³-hybridized carbons (Fsp3) is 0.571. The predicted molar refractivity (Wildman–Crippen MR) is 75.1 cm³/mol. The maximum atomic E-state index is 4.22. The highest BCUT2D eigenvalue weighted by atomic mass is 32.1. The molecule has 2 heteroatoms. The fourth-order valence-electron chi connectivity index (χ4n) is 1.82. The largest absolute Gasteiger partial charge is 0.302 e. The van der Waals surface area contributed by atoms with Gasteiger partial charge in [-0.3, -0.25) is 0 Å². The van der Waals surface area contributed by atoms with Crippen molar-refractivity contribution >= 4 is 12.6 Å². The summed E-state index contributed by atoms with van der Waals surface area (Å²) in [4.78, 5) is 2.40. The van der Waals surface area contributed by atoms with Crippen LogP contribution in [0, 0.1) is 0 Å². The standard InChI is InChI=1S/C14H23NS/c1-15(11-7-2-3-8-12-16)13-14-9-5-4-6-10-14/h4-6,9-10,16H,2-3,7-8,11-13H2,1H3. The molecule has 0 unspecified atom stereocenters. The zero-order valence-electron chi connectivity index (χ0n) is 10.2. The average molecular weight is 237 g/mol. The Morgan fingerprint density at radius 3 is 2.38 bits per heavy atom. The third kappa shape index (κ3) is 6.19. The van der Waals surface area contributed by atoms with E-state index in [4.69, 9.17) is 0 Å². The molecule has 0 amide bonds. The number of rotatable bonds is 8. The van der Waals surface area contributed by atoms with Gasteiger partial charge in [0.15, 0.2) is 0 Å². The Hall–Kier alpha value is -0.470. The van der Waals surface area contributed by atoms with E-state index in [0.717, 1.165) is 12.3 Å². The zero-order chi connectivity index (χ0) is 11.6. The van der Waals surface area contributed by atoms with Crippen LogP contribution in [0.15, 0.2) is 30.3 Å². The Kier molecular flexibility index (Phi) is 7.35. The van der Waals surface area contributed by atoms with Gasteiger partial charge in [-0.1, -0.05) is 43.2 Å². The zero-order valence-corrected chi connectivity index (χ0v) is 11.1. The second-order valence-corrected chi connectivity index (χ2v) is 4.81. The normalized spacial score (nSPS) is 10.9. The molecular weight excluding hydrogens is 214 g/mol. The Balaban J connectivity index is 2.09. The van der Waals surface area contributed by atoms with E-state index in [1.807, 2.05) is 0 Å². The minimum Gasteiger partial charge on any atom is -0.302 e. The van der Waals surface area contributed by atoms with Gasteiger partial charge in [0.2, 0.25) is 0 Å². The summed E-state index contributed by atoms with van der Waals surface area (Å²) < 4.78 is 0. The molecule has 0 heterocycles. The van der Waals surface area contributed by atoms with Crippen LogP contribution in [0.25, 0.3) is 0 Å². The maximum absolute atomic E-state index is 4.22. The topological polar surface area (TPSA) is 3.24 Å². The minimum absolute atomic E-state index is 1.03. The smallest absolute Gasteiger partial charge is 0.0230 e. The van der Waals surface area contributed by atoms with Crippen molar-refractivity contribution in [2.24, 2.45) is 0 Å². The molecular formula is C14H23NS. The number of hydrogen-bond donors (Lipinski definition) is 1. The lowest BCUT2D eigenvalue weighted by molar-refractivity contribution is 0.317. The SMILES string of the molecule is CN(CCCCCCS)Cc1ccccc1. The van der Waals surface area contributed by atoms with Crippen LogP contribution >= 0.6 is 12.6 Å². The molecule has 0 fully saturated rings. The summed E-state index contributed by atoms with van der Waals surface area (Å²) in [6, 6.07) is 10.7. The molecule has 0 aromatic heterocycles. The van der Waals surface area contributed by atoms with Crippen molar-refractivity contribution < 1.29 is 0 Å². The summed E-state index contributed by atoms with van der Waals surface area (Å²) >= 11 is 4.22. The third-order valence-corrected chi connectivity index (χ3v) is 3.06. The summed E-state index contributed by atoms with van der Waals surface area (Å²) in [7, 11) is 2.20. The van der Waals surface area contributed by atoms with Gasteiger partial charge in [-0.15, -0.1) is 0 Å². The molecule has 0 aliphatic heterocycles. The molecule has 0 aliphatic carbocycles. The van der Waals surface area contributed by atoms with E-state index in [-0.39, 0.29) is 0 Å². The molecule has 0 spiro atoms. The molecule has 0 radical (unpaired) electrons. The van der Waals surface area contributed by atoms with Gasteiger partial charge >= 0.3 is 0 Å². The minimum atomic E-state index is 1.03. The number of benzene rings is 1. The molecule has 0 saturated heterocycles. The molecule has 0 N–H and O–H groups in total. The van der Waals surface area contributed by atoms with E-state index in [9.17, 15) is 0 Å². The Morgan fingerprint density at radius 1 is 1.00 bits per heavy atom. The quantitative estimate of drug-likeness (QED) is 0.534. The monoisotopic (exact) mass is 237 g/mol. The number of nitrogens with zero attached hydrogens (tertiary/aromatic N) is 1. The number of hydrogen-bond acceptors (Lipinski definition) is 2.